The zero-order valence-corrected chi connectivity index (χ0v) is 21.8. The lowest BCUT2D eigenvalue weighted by Gasteiger charge is -2.65. The van der Waals surface area contributed by atoms with Crippen molar-refractivity contribution in [3.05, 3.63) is 0 Å². The van der Waals surface area contributed by atoms with E-state index in [0.717, 1.165) is 35.5 Å². The van der Waals surface area contributed by atoms with Crippen LogP contribution in [-0.4, -0.2) is 6.10 Å². The molecule has 4 aliphatic carbocycles. The number of rotatable bonds is 6. The van der Waals surface area contributed by atoms with Gasteiger partial charge in [-0.2, -0.15) is 0 Å². The average Bonchev–Trinajstić information content (AvgIpc) is 3.05. The van der Waals surface area contributed by atoms with Gasteiger partial charge in [0.05, 0.1) is 6.10 Å². The molecule has 0 bridgehead atoms. The van der Waals surface area contributed by atoms with Crippen molar-refractivity contribution in [1.82, 2.24) is 0 Å². The molecule has 4 aliphatic rings. The minimum atomic E-state index is 0.374. The molecular formula is C28H50OS. The topological polar surface area (TPSA) is 9.23 Å². The van der Waals surface area contributed by atoms with Crippen LogP contribution in [0.25, 0.3) is 0 Å². The maximum atomic E-state index is 5.55. The van der Waals surface area contributed by atoms with Crippen molar-refractivity contribution in [3.63, 3.8) is 0 Å². The standard InChI is InChI=1S/C28H50OS/c1-19(2)8-7-9-20(3)23-10-11-24-22-13-15-26(4)18-21(29-30)12-17-28(26,6)25(22)14-16-27(23,24)5/h19-25,30H,7-18H2,1-6H3/t20?,21?,22?,23?,24?,25?,26-,27?,28?/m0/s1. The van der Waals surface area contributed by atoms with E-state index >= 15 is 0 Å². The molecule has 2 heteroatoms. The zero-order chi connectivity index (χ0) is 21.7. The summed E-state index contributed by atoms with van der Waals surface area (Å²) in [5.74, 6) is 5.69. The van der Waals surface area contributed by atoms with Crippen LogP contribution in [0.2, 0.25) is 0 Å². The molecule has 0 aromatic carbocycles. The maximum Gasteiger partial charge on any atom is 0.0724 e. The highest BCUT2D eigenvalue weighted by Crippen LogP contribution is 2.71. The Kier molecular flexibility index (Phi) is 6.72. The largest absolute Gasteiger partial charge is 0.315 e. The first kappa shape index (κ1) is 23.5. The molecule has 0 spiro atoms. The summed E-state index contributed by atoms with van der Waals surface area (Å²) in [6.07, 6.45) is 17.4. The molecule has 0 aliphatic heterocycles. The first-order valence-electron chi connectivity index (χ1n) is 13.4. The third kappa shape index (κ3) is 3.72. The molecular weight excluding hydrogens is 384 g/mol. The Morgan fingerprint density at radius 1 is 0.867 bits per heavy atom. The fourth-order valence-electron chi connectivity index (χ4n) is 9.70. The van der Waals surface area contributed by atoms with E-state index in [1.165, 1.54) is 77.0 Å². The van der Waals surface area contributed by atoms with Crippen LogP contribution in [-0.2, 0) is 4.18 Å². The second kappa shape index (κ2) is 8.58. The molecule has 0 heterocycles. The minimum Gasteiger partial charge on any atom is -0.315 e. The molecule has 4 saturated carbocycles. The molecule has 174 valence electrons. The lowest BCUT2D eigenvalue weighted by atomic mass is 9.40. The number of thiol groups is 1. The third-order valence-corrected chi connectivity index (χ3v) is 12.0. The summed E-state index contributed by atoms with van der Waals surface area (Å²) in [4.78, 5) is 0. The van der Waals surface area contributed by atoms with E-state index in [2.05, 4.69) is 54.5 Å². The fraction of sp³-hybridized carbons (Fsp3) is 1.00. The predicted molar refractivity (Wildman–Crippen MR) is 132 cm³/mol. The Balaban J connectivity index is 1.48. The quantitative estimate of drug-likeness (QED) is 0.325. The highest BCUT2D eigenvalue weighted by Gasteiger charge is 2.63. The average molecular weight is 435 g/mol. The van der Waals surface area contributed by atoms with E-state index in [-0.39, 0.29) is 0 Å². The van der Waals surface area contributed by atoms with Gasteiger partial charge in [0.2, 0.25) is 0 Å². The SMILES string of the molecule is CC(C)CCCC(C)C1CCC2C3CC[C@@]4(C)CC(OS)CCC4(C)C3CCC12C. The van der Waals surface area contributed by atoms with Crippen molar-refractivity contribution in [1.29, 1.82) is 0 Å². The fourth-order valence-corrected chi connectivity index (χ4v) is 9.88. The van der Waals surface area contributed by atoms with Crippen LogP contribution < -0.4 is 0 Å². The predicted octanol–water partition coefficient (Wildman–Crippen LogP) is 8.73. The van der Waals surface area contributed by atoms with Crippen molar-refractivity contribution in [2.24, 2.45) is 51.8 Å². The summed E-state index contributed by atoms with van der Waals surface area (Å²) in [7, 11) is 0. The Hall–Kier alpha value is 0.310. The lowest BCUT2D eigenvalue weighted by Crippen LogP contribution is -2.58. The van der Waals surface area contributed by atoms with E-state index < -0.39 is 0 Å². The van der Waals surface area contributed by atoms with Crippen molar-refractivity contribution < 1.29 is 4.18 Å². The van der Waals surface area contributed by atoms with E-state index in [1.54, 1.807) is 0 Å². The second-order valence-corrected chi connectivity index (χ2v) is 13.6. The molecule has 0 N–H and O–H groups in total. The summed E-state index contributed by atoms with van der Waals surface area (Å²) < 4.78 is 5.55. The molecule has 0 amide bonds. The summed E-state index contributed by atoms with van der Waals surface area (Å²) in [5, 5.41) is 0. The number of hydrogen-bond donors (Lipinski definition) is 1. The van der Waals surface area contributed by atoms with Crippen molar-refractivity contribution in [2.45, 2.75) is 125 Å². The van der Waals surface area contributed by atoms with Crippen molar-refractivity contribution >= 4 is 12.9 Å². The van der Waals surface area contributed by atoms with Crippen LogP contribution in [0.15, 0.2) is 0 Å². The van der Waals surface area contributed by atoms with Gasteiger partial charge in [-0.15, -0.1) is 0 Å². The summed E-state index contributed by atoms with van der Waals surface area (Å²) in [5.41, 5.74) is 1.59. The van der Waals surface area contributed by atoms with Gasteiger partial charge >= 0.3 is 0 Å². The van der Waals surface area contributed by atoms with Crippen LogP contribution in [0.3, 0.4) is 0 Å². The molecule has 30 heavy (non-hydrogen) atoms. The lowest BCUT2D eigenvalue weighted by molar-refractivity contribution is -0.167. The Labute approximate surface area is 193 Å². The highest BCUT2D eigenvalue weighted by molar-refractivity contribution is 7.75. The third-order valence-electron chi connectivity index (χ3n) is 11.7. The van der Waals surface area contributed by atoms with Crippen LogP contribution in [0, 0.1) is 51.8 Å². The van der Waals surface area contributed by atoms with Gasteiger partial charge in [0.1, 0.15) is 0 Å². The minimum absolute atomic E-state index is 0.374. The van der Waals surface area contributed by atoms with Crippen LogP contribution >= 0.6 is 12.9 Å². The first-order valence-corrected chi connectivity index (χ1v) is 13.8. The van der Waals surface area contributed by atoms with Gasteiger partial charge in [0, 0.05) is 0 Å². The van der Waals surface area contributed by atoms with Gasteiger partial charge in [-0.25, -0.2) is 0 Å². The summed E-state index contributed by atoms with van der Waals surface area (Å²) >= 11 is 4.20. The normalized spacial score (nSPS) is 49.4. The molecule has 4 rings (SSSR count). The van der Waals surface area contributed by atoms with Gasteiger partial charge in [-0.1, -0.05) is 60.8 Å². The maximum absolute atomic E-state index is 5.55. The molecule has 0 aromatic rings. The smallest absolute Gasteiger partial charge is 0.0724 e. The molecule has 8 unspecified atom stereocenters. The molecule has 9 atom stereocenters. The molecule has 4 fully saturated rings. The summed E-state index contributed by atoms with van der Waals surface area (Å²) in [6, 6.07) is 0. The Morgan fingerprint density at radius 3 is 2.33 bits per heavy atom. The Bertz CT molecular complexity index is 603. The van der Waals surface area contributed by atoms with Crippen LogP contribution in [0.5, 0.6) is 0 Å². The first-order chi connectivity index (χ1) is 14.1. The van der Waals surface area contributed by atoms with E-state index in [4.69, 9.17) is 4.18 Å². The number of hydrogen-bond acceptors (Lipinski definition) is 2. The van der Waals surface area contributed by atoms with E-state index in [1.807, 2.05) is 0 Å². The molecule has 1 nitrogen and oxygen atoms in total. The zero-order valence-electron chi connectivity index (χ0n) is 20.9. The van der Waals surface area contributed by atoms with Crippen LogP contribution in [0.4, 0.5) is 0 Å². The van der Waals surface area contributed by atoms with Gasteiger partial charge in [0.15, 0.2) is 0 Å². The Morgan fingerprint density at radius 2 is 1.63 bits per heavy atom. The number of fused-ring (bicyclic) bond motifs is 5. The van der Waals surface area contributed by atoms with E-state index in [0.29, 0.717) is 22.3 Å². The van der Waals surface area contributed by atoms with Crippen LogP contribution in [0.1, 0.15) is 119 Å². The van der Waals surface area contributed by atoms with E-state index in [9.17, 15) is 0 Å². The molecule has 0 saturated heterocycles. The van der Waals surface area contributed by atoms with Gasteiger partial charge in [-0.3, -0.25) is 0 Å². The highest BCUT2D eigenvalue weighted by atomic mass is 32.1. The molecule has 0 radical (unpaired) electrons. The van der Waals surface area contributed by atoms with Crippen molar-refractivity contribution in [3.8, 4) is 0 Å². The second-order valence-electron chi connectivity index (χ2n) is 13.4. The van der Waals surface area contributed by atoms with Gasteiger partial charge < -0.3 is 4.18 Å². The van der Waals surface area contributed by atoms with Crippen molar-refractivity contribution in [2.75, 3.05) is 0 Å². The van der Waals surface area contributed by atoms with Gasteiger partial charge in [0.25, 0.3) is 0 Å². The molecule has 0 aromatic heterocycles. The monoisotopic (exact) mass is 434 g/mol. The van der Waals surface area contributed by atoms with Gasteiger partial charge in [-0.05, 0) is 122 Å². The summed E-state index contributed by atoms with van der Waals surface area (Å²) in [6.45, 7) is 15.4.